The van der Waals surface area contributed by atoms with Crippen molar-refractivity contribution < 1.29 is 4.79 Å². The lowest BCUT2D eigenvalue weighted by Gasteiger charge is -2.17. The van der Waals surface area contributed by atoms with Crippen molar-refractivity contribution in [1.82, 2.24) is 14.8 Å². The van der Waals surface area contributed by atoms with Gasteiger partial charge in [-0.05, 0) is 42.0 Å². The first-order valence-electron chi connectivity index (χ1n) is 10.1. The van der Waals surface area contributed by atoms with Crippen LogP contribution in [0.2, 0.25) is 10.0 Å². The number of nitrogens with zero attached hydrogens (tertiary/aromatic N) is 4. The molecule has 5 rings (SSSR count). The number of hydrazone groups is 1. The molecule has 1 unspecified atom stereocenters. The van der Waals surface area contributed by atoms with Crippen LogP contribution in [-0.4, -0.2) is 26.9 Å². The largest absolute Gasteiger partial charge is 0.277 e. The molecule has 7 heteroatoms. The van der Waals surface area contributed by atoms with Gasteiger partial charge in [-0.2, -0.15) is 10.2 Å². The summed E-state index contributed by atoms with van der Waals surface area (Å²) in [6.45, 7) is 0. The molecule has 1 amide bonds. The average molecular weight is 461 g/mol. The third-order valence-corrected chi connectivity index (χ3v) is 5.97. The number of benzene rings is 3. The van der Waals surface area contributed by atoms with Crippen molar-refractivity contribution in [3.05, 3.63) is 106 Å². The first-order chi connectivity index (χ1) is 15.6. The third-order valence-electron chi connectivity index (χ3n) is 5.47. The fraction of sp³-hybridized carbons (Fsp3) is 0.0800. The number of carbonyl (C=O) groups is 1. The summed E-state index contributed by atoms with van der Waals surface area (Å²) >= 11 is 12.1. The fourth-order valence-corrected chi connectivity index (χ4v) is 4.12. The summed E-state index contributed by atoms with van der Waals surface area (Å²) < 4.78 is 1.84. The molecule has 0 saturated heterocycles. The molecule has 3 aromatic carbocycles. The van der Waals surface area contributed by atoms with Gasteiger partial charge in [0.1, 0.15) is 0 Å². The standard InChI is InChI=1S/C25H18Cl2N4O/c26-19-10-6-17(7-11-19)23-14-24(31(16-32)28-23)22-15-30(21-4-2-1-3-5-21)29-25(22)18-8-12-20(27)13-9-18/h1-13,15-16,24H,14H2. The Morgan fingerprint density at radius 3 is 2.09 bits per heavy atom. The highest BCUT2D eigenvalue weighted by atomic mass is 35.5. The van der Waals surface area contributed by atoms with Gasteiger partial charge in [0, 0.05) is 33.8 Å². The van der Waals surface area contributed by atoms with Gasteiger partial charge in [-0.1, -0.05) is 65.7 Å². The van der Waals surface area contributed by atoms with Crippen LogP contribution in [0.3, 0.4) is 0 Å². The maximum Gasteiger partial charge on any atom is 0.230 e. The normalized spacial score (nSPS) is 15.6. The van der Waals surface area contributed by atoms with Gasteiger partial charge in [-0.15, -0.1) is 0 Å². The number of carbonyl (C=O) groups excluding carboxylic acids is 1. The van der Waals surface area contributed by atoms with Gasteiger partial charge in [0.25, 0.3) is 0 Å². The molecule has 0 fully saturated rings. The van der Waals surface area contributed by atoms with Gasteiger partial charge < -0.3 is 0 Å². The van der Waals surface area contributed by atoms with E-state index in [1.807, 2.05) is 89.7 Å². The molecule has 0 radical (unpaired) electrons. The van der Waals surface area contributed by atoms with Crippen molar-refractivity contribution >= 4 is 35.3 Å². The Morgan fingerprint density at radius 2 is 1.47 bits per heavy atom. The quantitative estimate of drug-likeness (QED) is 0.335. The number of amides is 1. The first kappa shape index (κ1) is 20.5. The van der Waals surface area contributed by atoms with Gasteiger partial charge in [0.05, 0.1) is 23.1 Å². The molecule has 1 aliphatic rings. The Kier molecular flexibility index (Phi) is 5.52. The molecule has 32 heavy (non-hydrogen) atoms. The maximum atomic E-state index is 11.9. The molecule has 158 valence electrons. The Labute approximate surface area is 195 Å². The summed E-state index contributed by atoms with van der Waals surface area (Å²) in [5.41, 5.74) is 5.32. The van der Waals surface area contributed by atoms with E-state index in [1.165, 1.54) is 5.01 Å². The zero-order chi connectivity index (χ0) is 22.1. The van der Waals surface area contributed by atoms with E-state index in [0.29, 0.717) is 16.5 Å². The third kappa shape index (κ3) is 3.93. The Balaban J connectivity index is 1.58. The van der Waals surface area contributed by atoms with Crippen LogP contribution in [0.5, 0.6) is 0 Å². The van der Waals surface area contributed by atoms with Crippen molar-refractivity contribution in [3.8, 4) is 16.9 Å². The summed E-state index contributed by atoms with van der Waals surface area (Å²) in [6.07, 6.45) is 3.31. The van der Waals surface area contributed by atoms with Crippen LogP contribution < -0.4 is 0 Å². The minimum absolute atomic E-state index is 0.277. The van der Waals surface area contributed by atoms with Gasteiger partial charge in [0.15, 0.2) is 0 Å². The van der Waals surface area contributed by atoms with Crippen LogP contribution >= 0.6 is 23.2 Å². The predicted molar refractivity (Wildman–Crippen MR) is 127 cm³/mol. The fourth-order valence-electron chi connectivity index (χ4n) is 3.87. The average Bonchev–Trinajstić information content (AvgIpc) is 3.45. The predicted octanol–water partition coefficient (Wildman–Crippen LogP) is 6.15. The number of halogens is 2. The van der Waals surface area contributed by atoms with E-state index in [1.54, 1.807) is 0 Å². The summed E-state index contributed by atoms with van der Waals surface area (Å²) in [6, 6.07) is 24.6. The molecule has 0 bridgehead atoms. The van der Waals surface area contributed by atoms with E-state index in [4.69, 9.17) is 28.3 Å². The van der Waals surface area contributed by atoms with Crippen molar-refractivity contribution in [2.75, 3.05) is 0 Å². The van der Waals surface area contributed by atoms with Crippen LogP contribution in [0.25, 0.3) is 16.9 Å². The highest BCUT2D eigenvalue weighted by Gasteiger charge is 2.32. The van der Waals surface area contributed by atoms with Crippen LogP contribution in [0.15, 0.2) is 90.2 Å². The van der Waals surface area contributed by atoms with E-state index in [9.17, 15) is 4.79 Å². The number of aromatic nitrogens is 2. The Morgan fingerprint density at radius 1 is 0.844 bits per heavy atom. The SMILES string of the molecule is O=CN1N=C(c2ccc(Cl)cc2)CC1c1cn(-c2ccccc2)nc1-c1ccc(Cl)cc1. The topological polar surface area (TPSA) is 50.5 Å². The molecule has 1 atom stereocenters. The van der Waals surface area contributed by atoms with Crippen molar-refractivity contribution in [2.45, 2.75) is 12.5 Å². The van der Waals surface area contributed by atoms with Gasteiger partial charge in [0.2, 0.25) is 6.41 Å². The molecule has 4 aromatic rings. The molecular formula is C25H18Cl2N4O. The summed E-state index contributed by atoms with van der Waals surface area (Å²) in [7, 11) is 0. The molecule has 1 aliphatic heterocycles. The molecule has 2 heterocycles. The van der Waals surface area contributed by atoms with Crippen molar-refractivity contribution in [2.24, 2.45) is 5.10 Å². The van der Waals surface area contributed by atoms with E-state index < -0.39 is 0 Å². The first-order valence-corrected chi connectivity index (χ1v) is 10.9. The van der Waals surface area contributed by atoms with E-state index in [0.717, 1.165) is 40.2 Å². The maximum absolute atomic E-state index is 11.9. The second kappa shape index (κ2) is 8.61. The van der Waals surface area contributed by atoms with Gasteiger partial charge in [-0.25, -0.2) is 9.69 Å². The smallest absolute Gasteiger partial charge is 0.230 e. The molecule has 0 aliphatic carbocycles. The zero-order valence-corrected chi connectivity index (χ0v) is 18.4. The monoisotopic (exact) mass is 460 g/mol. The van der Waals surface area contributed by atoms with E-state index in [-0.39, 0.29) is 6.04 Å². The van der Waals surface area contributed by atoms with E-state index in [2.05, 4.69) is 5.10 Å². The lowest BCUT2D eigenvalue weighted by Crippen LogP contribution is -2.17. The molecular weight excluding hydrogens is 443 g/mol. The van der Waals surface area contributed by atoms with Crippen LogP contribution in [-0.2, 0) is 4.79 Å². The van der Waals surface area contributed by atoms with Crippen molar-refractivity contribution in [1.29, 1.82) is 0 Å². The Hall–Kier alpha value is -3.41. The summed E-state index contributed by atoms with van der Waals surface area (Å²) in [5.74, 6) is 0. The number of hydrogen-bond acceptors (Lipinski definition) is 3. The summed E-state index contributed by atoms with van der Waals surface area (Å²) in [4.78, 5) is 11.9. The molecule has 0 saturated carbocycles. The number of para-hydroxylation sites is 1. The van der Waals surface area contributed by atoms with E-state index >= 15 is 0 Å². The zero-order valence-electron chi connectivity index (χ0n) is 16.9. The van der Waals surface area contributed by atoms with Crippen LogP contribution in [0.4, 0.5) is 0 Å². The summed E-state index contributed by atoms with van der Waals surface area (Å²) in [5, 5.41) is 12.2. The molecule has 5 nitrogen and oxygen atoms in total. The number of rotatable bonds is 5. The molecule has 1 aromatic heterocycles. The van der Waals surface area contributed by atoms with Crippen LogP contribution in [0.1, 0.15) is 23.6 Å². The van der Waals surface area contributed by atoms with Crippen molar-refractivity contribution in [3.63, 3.8) is 0 Å². The second-order valence-electron chi connectivity index (χ2n) is 7.48. The lowest BCUT2D eigenvalue weighted by molar-refractivity contribution is -0.119. The van der Waals surface area contributed by atoms with Gasteiger partial charge in [-0.3, -0.25) is 4.79 Å². The van der Waals surface area contributed by atoms with Crippen LogP contribution in [0, 0.1) is 0 Å². The minimum Gasteiger partial charge on any atom is -0.277 e. The minimum atomic E-state index is -0.277. The number of hydrogen-bond donors (Lipinski definition) is 0. The molecule has 0 spiro atoms. The van der Waals surface area contributed by atoms with Gasteiger partial charge >= 0.3 is 0 Å². The molecule has 0 N–H and O–H groups in total. The lowest BCUT2D eigenvalue weighted by atomic mass is 9.96. The Bertz CT molecular complexity index is 1280. The highest BCUT2D eigenvalue weighted by molar-refractivity contribution is 6.31. The second-order valence-corrected chi connectivity index (χ2v) is 8.35. The highest BCUT2D eigenvalue weighted by Crippen LogP contribution is 2.37.